The molecule has 0 saturated heterocycles. The monoisotopic (exact) mass is 245 g/mol. The van der Waals surface area contributed by atoms with E-state index < -0.39 is 0 Å². The molecule has 3 heteroatoms. The zero-order valence-electron chi connectivity index (χ0n) is 10.6. The summed E-state index contributed by atoms with van der Waals surface area (Å²) in [4.78, 5) is 0. The summed E-state index contributed by atoms with van der Waals surface area (Å²) in [5, 5.41) is 11.0. The van der Waals surface area contributed by atoms with Crippen LogP contribution in [-0.2, 0) is 0 Å². The molecule has 0 radical (unpaired) electrons. The first kappa shape index (κ1) is 12.9. The van der Waals surface area contributed by atoms with E-state index in [-0.39, 0.29) is 12.6 Å². The Morgan fingerprint density at radius 1 is 1.22 bits per heavy atom. The molecule has 2 aromatic rings. The van der Waals surface area contributed by atoms with Crippen LogP contribution in [0, 0.1) is 0 Å². The molecule has 0 spiro atoms. The lowest BCUT2D eigenvalue weighted by atomic mass is 10.0. The highest BCUT2D eigenvalue weighted by Gasteiger charge is 2.11. The predicted octanol–water partition coefficient (Wildman–Crippen LogP) is 2.62. The van der Waals surface area contributed by atoms with E-state index in [1.165, 1.54) is 0 Å². The van der Waals surface area contributed by atoms with Crippen LogP contribution in [-0.4, -0.2) is 18.3 Å². The van der Waals surface area contributed by atoms with E-state index in [2.05, 4.69) is 12.1 Å². The molecule has 0 saturated carbocycles. The van der Waals surface area contributed by atoms with Crippen LogP contribution in [0.3, 0.4) is 0 Å². The minimum absolute atomic E-state index is 0.0706. The number of aliphatic hydroxyl groups excluding tert-OH is 1. The molecule has 1 atom stereocenters. The Morgan fingerprint density at radius 3 is 2.72 bits per heavy atom. The first-order valence-corrected chi connectivity index (χ1v) is 6.25. The summed E-state index contributed by atoms with van der Waals surface area (Å²) in [6.45, 7) is 2.59. The van der Waals surface area contributed by atoms with Crippen LogP contribution in [0.1, 0.15) is 24.9 Å². The fourth-order valence-corrected chi connectivity index (χ4v) is 2.02. The van der Waals surface area contributed by atoms with Gasteiger partial charge in [-0.2, -0.15) is 0 Å². The first-order valence-electron chi connectivity index (χ1n) is 6.25. The second kappa shape index (κ2) is 5.85. The van der Waals surface area contributed by atoms with E-state index in [0.717, 1.165) is 22.1 Å². The number of nitrogens with two attached hydrogens (primary N) is 1. The highest BCUT2D eigenvalue weighted by atomic mass is 16.5. The van der Waals surface area contributed by atoms with Gasteiger partial charge < -0.3 is 15.6 Å². The standard InChI is InChI=1S/C15H19NO2/c1-11(16)13-8-7-12-5-2-3-6-14(12)15(13)18-10-4-9-17/h2-3,5-8,11,17H,4,9-10,16H2,1H3/t11-/m1/s1. The molecular weight excluding hydrogens is 226 g/mol. The summed E-state index contributed by atoms with van der Waals surface area (Å²) in [6.07, 6.45) is 0.627. The molecule has 18 heavy (non-hydrogen) atoms. The number of aliphatic hydroxyl groups is 1. The van der Waals surface area contributed by atoms with Crippen LogP contribution in [0.5, 0.6) is 5.75 Å². The van der Waals surface area contributed by atoms with E-state index in [4.69, 9.17) is 15.6 Å². The summed E-state index contributed by atoms with van der Waals surface area (Å²) in [7, 11) is 0. The SMILES string of the molecule is C[C@@H](N)c1ccc2ccccc2c1OCCCO. The summed E-state index contributed by atoms with van der Waals surface area (Å²) in [5.41, 5.74) is 6.99. The van der Waals surface area contributed by atoms with Crippen LogP contribution >= 0.6 is 0 Å². The van der Waals surface area contributed by atoms with Crippen molar-refractivity contribution in [1.82, 2.24) is 0 Å². The quantitative estimate of drug-likeness (QED) is 0.796. The van der Waals surface area contributed by atoms with Gasteiger partial charge in [-0.05, 0) is 12.3 Å². The molecule has 0 aromatic heterocycles. The third-order valence-corrected chi connectivity index (χ3v) is 2.95. The van der Waals surface area contributed by atoms with Gasteiger partial charge in [0.1, 0.15) is 5.75 Å². The summed E-state index contributed by atoms with van der Waals surface area (Å²) < 4.78 is 5.81. The maximum absolute atomic E-state index is 8.83. The third-order valence-electron chi connectivity index (χ3n) is 2.95. The van der Waals surface area contributed by atoms with Crippen LogP contribution in [0.25, 0.3) is 10.8 Å². The van der Waals surface area contributed by atoms with E-state index >= 15 is 0 Å². The van der Waals surface area contributed by atoms with Crippen molar-refractivity contribution >= 4 is 10.8 Å². The van der Waals surface area contributed by atoms with Gasteiger partial charge in [-0.1, -0.05) is 36.4 Å². The molecule has 0 aliphatic carbocycles. The molecule has 0 aliphatic heterocycles. The van der Waals surface area contributed by atoms with Crippen molar-refractivity contribution in [3.8, 4) is 5.75 Å². The van der Waals surface area contributed by atoms with Crippen LogP contribution in [0.15, 0.2) is 36.4 Å². The molecule has 3 nitrogen and oxygen atoms in total. The van der Waals surface area contributed by atoms with Crippen molar-refractivity contribution in [2.45, 2.75) is 19.4 Å². The van der Waals surface area contributed by atoms with Gasteiger partial charge in [0.2, 0.25) is 0 Å². The zero-order valence-corrected chi connectivity index (χ0v) is 10.6. The molecule has 2 aromatic carbocycles. The minimum Gasteiger partial charge on any atom is -0.493 e. The molecule has 96 valence electrons. The van der Waals surface area contributed by atoms with Gasteiger partial charge in [-0.15, -0.1) is 0 Å². The van der Waals surface area contributed by atoms with E-state index in [1.807, 2.05) is 31.2 Å². The van der Waals surface area contributed by atoms with Gasteiger partial charge in [-0.25, -0.2) is 0 Å². The molecule has 0 aliphatic rings. The number of rotatable bonds is 5. The molecule has 2 rings (SSSR count). The molecule has 0 fully saturated rings. The lowest BCUT2D eigenvalue weighted by Crippen LogP contribution is -2.09. The second-order valence-corrected chi connectivity index (χ2v) is 4.42. The maximum Gasteiger partial charge on any atom is 0.131 e. The van der Waals surface area contributed by atoms with Crippen LogP contribution < -0.4 is 10.5 Å². The maximum atomic E-state index is 8.83. The smallest absolute Gasteiger partial charge is 0.131 e. The lowest BCUT2D eigenvalue weighted by Gasteiger charge is -2.16. The third kappa shape index (κ3) is 2.63. The Bertz CT molecular complexity index is 523. The zero-order chi connectivity index (χ0) is 13.0. The number of ether oxygens (including phenoxy) is 1. The fraction of sp³-hybridized carbons (Fsp3) is 0.333. The van der Waals surface area contributed by atoms with Gasteiger partial charge in [0.15, 0.2) is 0 Å². The lowest BCUT2D eigenvalue weighted by molar-refractivity contribution is 0.233. The number of benzene rings is 2. The van der Waals surface area contributed by atoms with Gasteiger partial charge in [-0.3, -0.25) is 0 Å². The highest BCUT2D eigenvalue weighted by molar-refractivity contribution is 5.89. The molecule has 0 heterocycles. The van der Waals surface area contributed by atoms with Gasteiger partial charge >= 0.3 is 0 Å². The summed E-state index contributed by atoms with van der Waals surface area (Å²) in [5.74, 6) is 0.844. The minimum atomic E-state index is -0.0706. The molecule has 0 amide bonds. The van der Waals surface area contributed by atoms with E-state index in [0.29, 0.717) is 13.0 Å². The molecule has 3 N–H and O–H groups in total. The number of hydrogen-bond acceptors (Lipinski definition) is 3. The fourth-order valence-electron chi connectivity index (χ4n) is 2.02. The Labute approximate surface area is 107 Å². The highest BCUT2D eigenvalue weighted by Crippen LogP contribution is 2.32. The second-order valence-electron chi connectivity index (χ2n) is 4.42. The van der Waals surface area contributed by atoms with Crippen molar-refractivity contribution in [2.24, 2.45) is 5.73 Å². The number of fused-ring (bicyclic) bond motifs is 1. The van der Waals surface area contributed by atoms with Gasteiger partial charge in [0.05, 0.1) is 6.61 Å². The Hall–Kier alpha value is -1.58. The van der Waals surface area contributed by atoms with Crippen molar-refractivity contribution in [3.63, 3.8) is 0 Å². The van der Waals surface area contributed by atoms with Crippen molar-refractivity contribution < 1.29 is 9.84 Å². The Kier molecular flexibility index (Phi) is 4.18. The normalized spacial score (nSPS) is 12.6. The topological polar surface area (TPSA) is 55.5 Å². The van der Waals surface area contributed by atoms with Gasteiger partial charge in [0.25, 0.3) is 0 Å². The first-order chi connectivity index (χ1) is 8.74. The van der Waals surface area contributed by atoms with Gasteiger partial charge in [0, 0.05) is 30.0 Å². The molecule has 0 bridgehead atoms. The van der Waals surface area contributed by atoms with Crippen molar-refractivity contribution in [1.29, 1.82) is 0 Å². The Balaban J connectivity index is 2.45. The average Bonchev–Trinajstić information content (AvgIpc) is 2.38. The average molecular weight is 245 g/mol. The Morgan fingerprint density at radius 2 is 2.00 bits per heavy atom. The van der Waals surface area contributed by atoms with Crippen molar-refractivity contribution in [2.75, 3.05) is 13.2 Å². The number of hydrogen-bond donors (Lipinski definition) is 2. The van der Waals surface area contributed by atoms with E-state index in [9.17, 15) is 0 Å². The molecular formula is C15H19NO2. The summed E-state index contributed by atoms with van der Waals surface area (Å²) >= 11 is 0. The van der Waals surface area contributed by atoms with Crippen LogP contribution in [0.4, 0.5) is 0 Å². The van der Waals surface area contributed by atoms with E-state index in [1.54, 1.807) is 0 Å². The van der Waals surface area contributed by atoms with Crippen molar-refractivity contribution in [3.05, 3.63) is 42.0 Å². The predicted molar refractivity (Wildman–Crippen MR) is 73.7 cm³/mol. The summed E-state index contributed by atoms with van der Waals surface area (Å²) in [6, 6.07) is 12.1. The molecule has 0 unspecified atom stereocenters. The largest absolute Gasteiger partial charge is 0.493 e. The van der Waals surface area contributed by atoms with Crippen LogP contribution in [0.2, 0.25) is 0 Å².